The van der Waals surface area contributed by atoms with Crippen LogP contribution in [0, 0.1) is 0 Å². The van der Waals surface area contributed by atoms with Crippen molar-refractivity contribution in [3.63, 3.8) is 0 Å². The van der Waals surface area contributed by atoms with Crippen molar-refractivity contribution < 1.29 is 9.90 Å². The number of phenolic OH excluding ortho intramolecular Hbond substituents is 1. The molecule has 1 aliphatic heterocycles. The molecule has 1 aromatic heterocycles. The Labute approximate surface area is 164 Å². The number of carbonyl (C=O) groups is 1. The molecular formula is C19H26ClN5O2. The lowest BCUT2D eigenvalue weighted by atomic mass is 10.0. The third-order valence-electron chi connectivity index (χ3n) is 5.07. The van der Waals surface area contributed by atoms with Gasteiger partial charge in [0.05, 0.1) is 12.2 Å². The van der Waals surface area contributed by atoms with Crippen LogP contribution in [0.15, 0.2) is 24.4 Å². The third-order valence-corrected chi connectivity index (χ3v) is 5.31. The summed E-state index contributed by atoms with van der Waals surface area (Å²) in [5.74, 6) is 0.178. The first-order valence-electron chi connectivity index (χ1n) is 9.42. The quantitative estimate of drug-likeness (QED) is 0.819. The molecule has 0 aliphatic carbocycles. The highest BCUT2D eigenvalue weighted by molar-refractivity contribution is 6.30. The number of aromatic hydroxyl groups is 1. The van der Waals surface area contributed by atoms with Gasteiger partial charge in [-0.3, -0.25) is 9.69 Å². The van der Waals surface area contributed by atoms with E-state index in [2.05, 4.69) is 15.2 Å². The summed E-state index contributed by atoms with van der Waals surface area (Å²) >= 11 is 6.05. The molecule has 1 saturated heterocycles. The van der Waals surface area contributed by atoms with Crippen molar-refractivity contribution in [3.8, 4) is 5.75 Å². The topological polar surface area (TPSA) is 74.5 Å². The van der Waals surface area contributed by atoms with E-state index in [1.165, 1.54) is 0 Å². The van der Waals surface area contributed by atoms with Crippen LogP contribution in [0.1, 0.15) is 48.8 Å². The van der Waals surface area contributed by atoms with Crippen LogP contribution in [0.2, 0.25) is 5.02 Å². The second-order valence-electron chi connectivity index (χ2n) is 6.87. The molecule has 1 aliphatic rings. The molecule has 2 heterocycles. The summed E-state index contributed by atoms with van der Waals surface area (Å²) in [6.07, 6.45) is 3.76. The molecule has 1 aromatic carbocycles. The van der Waals surface area contributed by atoms with Crippen LogP contribution < -0.4 is 0 Å². The molecule has 7 nitrogen and oxygen atoms in total. The largest absolute Gasteiger partial charge is 0.508 e. The van der Waals surface area contributed by atoms with Gasteiger partial charge in [-0.05, 0) is 51.4 Å². The van der Waals surface area contributed by atoms with Gasteiger partial charge >= 0.3 is 0 Å². The fraction of sp³-hybridized carbons (Fsp3) is 0.526. The number of phenols is 1. The van der Waals surface area contributed by atoms with E-state index < -0.39 is 0 Å². The highest BCUT2D eigenvalue weighted by atomic mass is 35.5. The molecule has 0 bridgehead atoms. The molecule has 1 N–H and O–H groups in total. The molecule has 1 amide bonds. The fourth-order valence-electron chi connectivity index (χ4n) is 3.54. The van der Waals surface area contributed by atoms with Crippen LogP contribution in [-0.4, -0.2) is 62.0 Å². The molecule has 0 spiro atoms. The number of nitrogens with zero attached hydrogens (tertiary/aromatic N) is 5. The highest BCUT2D eigenvalue weighted by Crippen LogP contribution is 2.27. The molecule has 27 heavy (non-hydrogen) atoms. The Balaban J connectivity index is 1.68. The number of benzene rings is 1. The summed E-state index contributed by atoms with van der Waals surface area (Å²) in [5.41, 5.74) is 1.21. The molecule has 3 rings (SSSR count). The first-order chi connectivity index (χ1) is 13.0. The third kappa shape index (κ3) is 4.59. The Bertz CT molecular complexity index is 790. The zero-order valence-electron chi connectivity index (χ0n) is 15.8. The summed E-state index contributed by atoms with van der Waals surface area (Å²) in [6, 6.07) is 5.27. The number of amides is 1. The first kappa shape index (κ1) is 19.6. The molecule has 146 valence electrons. The summed E-state index contributed by atoms with van der Waals surface area (Å²) in [4.78, 5) is 16.4. The maximum absolute atomic E-state index is 12.4. The van der Waals surface area contributed by atoms with E-state index >= 15 is 0 Å². The number of aromatic nitrogens is 3. The molecule has 1 unspecified atom stereocenters. The van der Waals surface area contributed by atoms with Gasteiger partial charge in [0.25, 0.3) is 5.91 Å². The van der Waals surface area contributed by atoms with Crippen LogP contribution in [-0.2, 0) is 6.54 Å². The van der Waals surface area contributed by atoms with Crippen molar-refractivity contribution in [1.29, 1.82) is 0 Å². The van der Waals surface area contributed by atoms with Gasteiger partial charge in [0.1, 0.15) is 5.75 Å². The van der Waals surface area contributed by atoms with E-state index in [0.29, 0.717) is 30.4 Å². The zero-order valence-corrected chi connectivity index (χ0v) is 16.6. The lowest BCUT2D eigenvalue weighted by molar-refractivity contribution is 0.0767. The zero-order chi connectivity index (χ0) is 19.4. The highest BCUT2D eigenvalue weighted by Gasteiger charge is 2.25. The summed E-state index contributed by atoms with van der Waals surface area (Å²) in [6.45, 7) is 7.58. The molecule has 0 saturated carbocycles. The van der Waals surface area contributed by atoms with E-state index in [1.54, 1.807) is 34.0 Å². The van der Waals surface area contributed by atoms with E-state index in [4.69, 9.17) is 11.6 Å². The van der Waals surface area contributed by atoms with E-state index in [1.807, 2.05) is 13.8 Å². The van der Waals surface area contributed by atoms with Gasteiger partial charge in [-0.2, -0.15) is 0 Å². The number of piperidine rings is 1. The number of carbonyl (C=O) groups excluding carboxylic acids is 1. The number of hydrogen-bond donors (Lipinski definition) is 1. The van der Waals surface area contributed by atoms with Crippen molar-refractivity contribution in [2.75, 3.05) is 26.2 Å². The predicted molar refractivity (Wildman–Crippen MR) is 104 cm³/mol. The number of halogens is 1. The van der Waals surface area contributed by atoms with Crippen molar-refractivity contribution >= 4 is 17.5 Å². The second-order valence-corrected chi connectivity index (χ2v) is 7.30. The SMILES string of the molecule is CCN(CC)C(=O)c1cn(C2CCCN(Cc3cc(Cl)ccc3O)C2)nn1. The van der Waals surface area contributed by atoms with Gasteiger partial charge in [0.15, 0.2) is 5.69 Å². The standard InChI is InChI=1S/C19H26ClN5O2/c1-3-24(4-2)19(27)17-13-25(22-21-17)16-6-5-9-23(12-16)11-14-10-15(20)7-8-18(14)26/h7-8,10,13,16,26H,3-6,9,11-12H2,1-2H3. The molecule has 8 heteroatoms. The van der Waals surface area contributed by atoms with Gasteiger partial charge in [-0.25, -0.2) is 4.68 Å². The van der Waals surface area contributed by atoms with Crippen LogP contribution in [0.4, 0.5) is 0 Å². The Hall–Kier alpha value is -2.12. The Morgan fingerprint density at radius 3 is 2.89 bits per heavy atom. The maximum atomic E-state index is 12.4. The summed E-state index contributed by atoms with van der Waals surface area (Å²) < 4.78 is 1.81. The van der Waals surface area contributed by atoms with Gasteiger partial charge < -0.3 is 10.0 Å². The minimum atomic E-state index is -0.0808. The predicted octanol–water partition coefficient (Wildman–Crippen LogP) is 2.96. The lowest BCUT2D eigenvalue weighted by Gasteiger charge is -2.32. The first-order valence-corrected chi connectivity index (χ1v) is 9.80. The molecule has 1 atom stereocenters. The van der Waals surface area contributed by atoms with Crippen molar-refractivity contribution in [3.05, 3.63) is 40.7 Å². The minimum Gasteiger partial charge on any atom is -0.508 e. The molecule has 0 radical (unpaired) electrons. The maximum Gasteiger partial charge on any atom is 0.276 e. The summed E-state index contributed by atoms with van der Waals surface area (Å²) in [5, 5.41) is 19.0. The van der Waals surface area contributed by atoms with E-state index in [0.717, 1.165) is 31.5 Å². The lowest BCUT2D eigenvalue weighted by Crippen LogP contribution is -2.36. The van der Waals surface area contributed by atoms with Crippen LogP contribution >= 0.6 is 11.6 Å². The fourth-order valence-corrected chi connectivity index (χ4v) is 3.73. The molecular weight excluding hydrogens is 366 g/mol. The Morgan fingerprint density at radius 2 is 2.15 bits per heavy atom. The van der Waals surface area contributed by atoms with Gasteiger partial charge in [0, 0.05) is 36.8 Å². The van der Waals surface area contributed by atoms with E-state index in [9.17, 15) is 9.90 Å². The summed E-state index contributed by atoms with van der Waals surface area (Å²) in [7, 11) is 0. The van der Waals surface area contributed by atoms with Gasteiger partial charge in [-0.1, -0.05) is 16.8 Å². The molecule has 1 fully saturated rings. The minimum absolute atomic E-state index is 0.0808. The number of likely N-dealkylation sites (tertiary alicyclic amines) is 1. The smallest absolute Gasteiger partial charge is 0.276 e. The Morgan fingerprint density at radius 1 is 1.37 bits per heavy atom. The van der Waals surface area contributed by atoms with Crippen molar-refractivity contribution in [1.82, 2.24) is 24.8 Å². The Kier molecular flexibility index (Phi) is 6.34. The second kappa shape index (κ2) is 8.71. The number of rotatable bonds is 6. The van der Waals surface area contributed by atoms with Gasteiger partial charge in [0.2, 0.25) is 0 Å². The average molecular weight is 392 g/mol. The number of hydrogen-bond acceptors (Lipinski definition) is 5. The molecule has 2 aromatic rings. The van der Waals surface area contributed by atoms with Crippen LogP contribution in [0.25, 0.3) is 0 Å². The van der Waals surface area contributed by atoms with E-state index in [-0.39, 0.29) is 17.7 Å². The van der Waals surface area contributed by atoms with Gasteiger partial charge in [-0.15, -0.1) is 5.10 Å². The average Bonchev–Trinajstić information content (AvgIpc) is 3.16. The van der Waals surface area contributed by atoms with Crippen LogP contribution in [0.3, 0.4) is 0 Å². The van der Waals surface area contributed by atoms with Crippen molar-refractivity contribution in [2.45, 2.75) is 39.3 Å². The van der Waals surface area contributed by atoms with Crippen molar-refractivity contribution in [2.24, 2.45) is 0 Å². The monoisotopic (exact) mass is 391 g/mol. The van der Waals surface area contributed by atoms with Crippen LogP contribution in [0.5, 0.6) is 5.75 Å². The normalized spacial score (nSPS) is 17.8.